The van der Waals surface area contributed by atoms with Gasteiger partial charge in [0.15, 0.2) is 5.65 Å². The van der Waals surface area contributed by atoms with Gasteiger partial charge in [-0.25, -0.2) is 9.50 Å². The lowest BCUT2D eigenvalue weighted by Gasteiger charge is -2.32. The van der Waals surface area contributed by atoms with Gasteiger partial charge >= 0.3 is 0 Å². The molecule has 1 fully saturated rings. The first-order valence-electron chi connectivity index (χ1n) is 5.80. The van der Waals surface area contributed by atoms with Crippen molar-refractivity contribution in [2.75, 3.05) is 0 Å². The Labute approximate surface area is 93.9 Å². The van der Waals surface area contributed by atoms with Crippen molar-refractivity contribution in [1.29, 1.82) is 0 Å². The molecule has 4 heteroatoms. The number of hydrogen-bond acceptors (Lipinski definition) is 3. The lowest BCUT2D eigenvalue weighted by molar-refractivity contribution is -0.00104. The molecule has 2 aromatic heterocycles. The molecule has 0 unspecified atom stereocenters. The number of pyridine rings is 1. The Kier molecular flexibility index (Phi) is 2.17. The molecule has 0 radical (unpaired) electrons. The number of rotatable bonds is 1. The van der Waals surface area contributed by atoms with Crippen molar-refractivity contribution in [1.82, 2.24) is 14.6 Å². The second-order valence-electron chi connectivity index (χ2n) is 4.57. The van der Waals surface area contributed by atoms with E-state index in [9.17, 15) is 5.11 Å². The first kappa shape index (κ1) is 9.78. The van der Waals surface area contributed by atoms with Crippen LogP contribution in [0.15, 0.2) is 24.7 Å². The van der Waals surface area contributed by atoms with Gasteiger partial charge in [0.2, 0.25) is 0 Å². The van der Waals surface area contributed by atoms with Crippen LogP contribution in [0.5, 0.6) is 0 Å². The molecule has 1 aliphatic carbocycles. The average Bonchev–Trinajstić information content (AvgIpc) is 2.77. The molecule has 0 atom stereocenters. The second-order valence-corrected chi connectivity index (χ2v) is 4.57. The quantitative estimate of drug-likeness (QED) is 0.793. The molecule has 0 aromatic carbocycles. The molecule has 2 heterocycles. The maximum atomic E-state index is 10.6. The highest BCUT2D eigenvalue weighted by atomic mass is 16.3. The van der Waals surface area contributed by atoms with Gasteiger partial charge in [0.05, 0.1) is 5.60 Å². The van der Waals surface area contributed by atoms with E-state index < -0.39 is 5.60 Å². The Bertz CT molecular complexity index is 500. The Morgan fingerprint density at radius 3 is 2.81 bits per heavy atom. The molecule has 1 aliphatic rings. The third kappa shape index (κ3) is 1.50. The zero-order chi connectivity index (χ0) is 11.0. The number of fused-ring (bicyclic) bond motifs is 1. The van der Waals surface area contributed by atoms with Crippen LogP contribution in [-0.2, 0) is 5.60 Å². The summed E-state index contributed by atoms with van der Waals surface area (Å²) in [7, 11) is 0. The highest BCUT2D eigenvalue weighted by Crippen LogP contribution is 2.36. The SMILES string of the molecule is OC1(c2ccc3ncnn3c2)CCCCC1. The van der Waals surface area contributed by atoms with E-state index in [4.69, 9.17) is 0 Å². The van der Waals surface area contributed by atoms with Crippen LogP contribution in [0.4, 0.5) is 0 Å². The molecular weight excluding hydrogens is 202 g/mol. The molecule has 16 heavy (non-hydrogen) atoms. The van der Waals surface area contributed by atoms with E-state index in [0.717, 1.165) is 36.9 Å². The van der Waals surface area contributed by atoms with E-state index in [1.807, 2.05) is 18.3 Å². The molecule has 1 saturated carbocycles. The molecule has 0 spiro atoms. The molecule has 3 rings (SSSR count). The van der Waals surface area contributed by atoms with Crippen molar-refractivity contribution in [2.45, 2.75) is 37.7 Å². The van der Waals surface area contributed by atoms with Gasteiger partial charge in [-0.3, -0.25) is 0 Å². The molecule has 84 valence electrons. The largest absolute Gasteiger partial charge is 0.385 e. The Morgan fingerprint density at radius 2 is 2.00 bits per heavy atom. The fourth-order valence-electron chi connectivity index (χ4n) is 2.52. The van der Waals surface area contributed by atoms with Crippen LogP contribution >= 0.6 is 0 Å². The average molecular weight is 217 g/mol. The van der Waals surface area contributed by atoms with E-state index in [2.05, 4.69) is 10.1 Å². The summed E-state index contributed by atoms with van der Waals surface area (Å²) in [6.45, 7) is 0. The molecule has 4 nitrogen and oxygen atoms in total. The van der Waals surface area contributed by atoms with Crippen LogP contribution in [0.1, 0.15) is 37.7 Å². The summed E-state index contributed by atoms with van der Waals surface area (Å²) in [4.78, 5) is 4.10. The zero-order valence-corrected chi connectivity index (χ0v) is 9.13. The van der Waals surface area contributed by atoms with Crippen LogP contribution in [0.3, 0.4) is 0 Å². The summed E-state index contributed by atoms with van der Waals surface area (Å²) in [5.74, 6) is 0. The monoisotopic (exact) mass is 217 g/mol. The minimum absolute atomic E-state index is 0.654. The Morgan fingerprint density at radius 1 is 1.19 bits per heavy atom. The number of hydrogen-bond donors (Lipinski definition) is 1. The minimum Gasteiger partial charge on any atom is -0.385 e. The number of nitrogens with zero attached hydrogens (tertiary/aromatic N) is 3. The normalized spacial score (nSPS) is 20.1. The standard InChI is InChI=1S/C12H15N3O/c16-12(6-2-1-3-7-12)10-4-5-11-13-9-14-15(11)8-10/h4-5,8-9,16H,1-3,6-7H2. The predicted octanol–water partition coefficient (Wildman–Crippen LogP) is 1.88. The maximum Gasteiger partial charge on any atom is 0.155 e. The topological polar surface area (TPSA) is 50.4 Å². The summed E-state index contributed by atoms with van der Waals surface area (Å²) in [6.07, 6.45) is 8.57. The van der Waals surface area contributed by atoms with E-state index in [-0.39, 0.29) is 0 Å². The van der Waals surface area contributed by atoms with Gasteiger partial charge < -0.3 is 5.11 Å². The fraction of sp³-hybridized carbons (Fsp3) is 0.500. The Balaban J connectivity index is 2.03. The van der Waals surface area contributed by atoms with Crippen LogP contribution < -0.4 is 0 Å². The Hall–Kier alpha value is -1.42. The van der Waals surface area contributed by atoms with Crippen molar-refractivity contribution < 1.29 is 5.11 Å². The number of aromatic nitrogens is 3. The van der Waals surface area contributed by atoms with Crippen LogP contribution in [0.2, 0.25) is 0 Å². The van der Waals surface area contributed by atoms with Gasteiger partial charge in [-0.15, -0.1) is 0 Å². The minimum atomic E-state index is -0.654. The smallest absolute Gasteiger partial charge is 0.155 e. The molecule has 0 bridgehead atoms. The molecule has 0 aliphatic heterocycles. The van der Waals surface area contributed by atoms with E-state index in [0.29, 0.717) is 0 Å². The van der Waals surface area contributed by atoms with Crippen molar-refractivity contribution in [3.05, 3.63) is 30.2 Å². The van der Waals surface area contributed by atoms with Gasteiger partial charge in [-0.1, -0.05) is 25.3 Å². The predicted molar refractivity (Wildman–Crippen MR) is 60.0 cm³/mol. The van der Waals surface area contributed by atoms with E-state index in [1.54, 1.807) is 4.52 Å². The van der Waals surface area contributed by atoms with Crippen LogP contribution in [-0.4, -0.2) is 19.7 Å². The molecule has 1 N–H and O–H groups in total. The molecule has 2 aromatic rings. The fourth-order valence-corrected chi connectivity index (χ4v) is 2.52. The number of aliphatic hydroxyl groups is 1. The summed E-state index contributed by atoms with van der Waals surface area (Å²) in [5.41, 5.74) is 1.13. The highest BCUT2D eigenvalue weighted by Gasteiger charge is 2.31. The van der Waals surface area contributed by atoms with Gasteiger partial charge in [-0.05, 0) is 18.9 Å². The van der Waals surface area contributed by atoms with Crippen LogP contribution in [0, 0.1) is 0 Å². The van der Waals surface area contributed by atoms with Gasteiger partial charge in [0.1, 0.15) is 6.33 Å². The third-order valence-electron chi connectivity index (χ3n) is 3.49. The lowest BCUT2D eigenvalue weighted by atomic mass is 9.80. The van der Waals surface area contributed by atoms with Gasteiger partial charge in [0.25, 0.3) is 0 Å². The van der Waals surface area contributed by atoms with Crippen molar-refractivity contribution in [3.8, 4) is 0 Å². The summed E-state index contributed by atoms with van der Waals surface area (Å²) < 4.78 is 1.72. The first-order chi connectivity index (χ1) is 7.78. The van der Waals surface area contributed by atoms with Crippen molar-refractivity contribution >= 4 is 5.65 Å². The van der Waals surface area contributed by atoms with E-state index >= 15 is 0 Å². The first-order valence-corrected chi connectivity index (χ1v) is 5.80. The zero-order valence-electron chi connectivity index (χ0n) is 9.13. The van der Waals surface area contributed by atoms with Crippen molar-refractivity contribution in [2.24, 2.45) is 0 Å². The van der Waals surface area contributed by atoms with Gasteiger partial charge in [0, 0.05) is 11.8 Å². The molecular formula is C12H15N3O. The summed E-state index contributed by atoms with van der Waals surface area (Å²) in [6, 6.07) is 3.88. The second kappa shape index (κ2) is 3.56. The third-order valence-corrected chi connectivity index (χ3v) is 3.49. The van der Waals surface area contributed by atoms with Crippen LogP contribution in [0.25, 0.3) is 5.65 Å². The summed E-state index contributed by atoms with van der Waals surface area (Å²) >= 11 is 0. The molecule has 0 saturated heterocycles. The lowest BCUT2D eigenvalue weighted by Crippen LogP contribution is -2.28. The highest BCUT2D eigenvalue weighted by molar-refractivity contribution is 5.38. The van der Waals surface area contributed by atoms with Crippen molar-refractivity contribution in [3.63, 3.8) is 0 Å². The molecule has 0 amide bonds. The summed E-state index contributed by atoms with van der Waals surface area (Å²) in [5, 5.41) is 14.7. The maximum absolute atomic E-state index is 10.6. The van der Waals surface area contributed by atoms with E-state index in [1.165, 1.54) is 12.7 Å². The van der Waals surface area contributed by atoms with Gasteiger partial charge in [-0.2, -0.15) is 5.10 Å².